The summed E-state index contributed by atoms with van der Waals surface area (Å²) in [5.41, 5.74) is 9.72. The number of esters is 1. The Labute approximate surface area is 222 Å². The molecule has 0 saturated heterocycles. The lowest BCUT2D eigenvalue weighted by atomic mass is 10.0. The normalized spacial score (nSPS) is 13.4. The van der Waals surface area contributed by atoms with Gasteiger partial charge in [-0.15, -0.1) is 0 Å². The molecule has 2 rings (SSSR count). The molecule has 2 aromatic carbocycles. The third-order valence-corrected chi connectivity index (χ3v) is 7.90. The lowest BCUT2D eigenvalue weighted by molar-refractivity contribution is -0.149. The van der Waals surface area contributed by atoms with E-state index in [2.05, 4.69) is 11.4 Å². The molecule has 206 valence electrons. The lowest BCUT2D eigenvalue weighted by Gasteiger charge is -2.25. The van der Waals surface area contributed by atoms with Gasteiger partial charge < -0.3 is 20.5 Å². The average Bonchev–Trinajstić information content (AvgIpc) is 2.87. The van der Waals surface area contributed by atoms with Crippen molar-refractivity contribution in [1.82, 2.24) is 9.62 Å². The minimum absolute atomic E-state index is 0.212. The van der Waals surface area contributed by atoms with Crippen molar-refractivity contribution in [2.24, 2.45) is 5.73 Å². The second kappa shape index (κ2) is 15.7. The van der Waals surface area contributed by atoms with Crippen LogP contribution in [0.25, 0.3) is 0 Å². The quantitative estimate of drug-likeness (QED) is 0.300. The van der Waals surface area contributed by atoms with Crippen molar-refractivity contribution in [3.05, 3.63) is 65.2 Å². The van der Waals surface area contributed by atoms with Crippen LogP contribution >= 0.6 is 0 Å². The fourth-order valence-corrected chi connectivity index (χ4v) is 5.73. The summed E-state index contributed by atoms with van der Waals surface area (Å²) in [6.45, 7) is 7.66. The van der Waals surface area contributed by atoms with Crippen LogP contribution in [0.4, 0.5) is 0 Å². The van der Waals surface area contributed by atoms with E-state index in [4.69, 9.17) is 15.2 Å². The minimum Gasteiger partial charge on any atom is -0.497 e. The standard InChI is InChI=1S/C28H43N3O5S/c1-5-14-31(15-6-2)37(33,34)16-13-28(32)36-27(26(29)19-23-10-7-9-22(3)17-23)21-30-20-24-11-8-12-25(18-24)35-4/h7-12,17-18,26-27,30H,5-6,13-16,19-21,29H2,1-4H3. The minimum atomic E-state index is -3.54. The summed E-state index contributed by atoms with van der Waals surface area (Å²) in [6.07, 6.45) is 1.13. The van der Waals surface area contributed by atoms with E-state index in [9.17, 15) is 13.2 Å². The van der Waals surface area contributed by atoms with Crippen molar-refractivity contribution < 1.29 is 22.7 Å². The topological polar surface area (TPSA) is 111 Å². The van der Waals surface area contributed by atoms with Crippen LogP contribution in [0, 0.1) is 6.92 Å². The molecule has 0 aliphatic carbocycles. The Balaban J connectivity index is 2.04. The molecular weight excluding hydrogens is 490 g/mol. The maximum atomic E-state index is 12.8. The molecule has 0 fully saturated rings. The number of nitrogens with two attached hydrogens (primary N) is 1. The van der Waals surface area contributed by atoms with E-state index in [1.807, 2.05) is 63.2 Å². The largest absolute Gasteiger partial charge is 0.497 e. The van der Waals surface area contributed by atoms with E-state index in [0.717, 1.165) is 35.3 Å². The smallest absolute Gasteiger partial charge is 0.307 e. The van der Waals surface area contributed by atoms with Gasteiger partial charge in [0.25, 0.3) is 0 Å². The van der Waals surface area contributed by atoms with Gasteiger partial charge in [0, 0.05) is 32.2 Å². The van der Waals surface area contributed by atoms with E-state index in [0.29, 0.717) is 32.6 Å². The first-order valence-electron chi connectivity index (χ1n) is 13.0. The van der Waals surface area contributed by atoms with E-state index in [1.54, 1.807) is 7.11 Å². The Kier molecular flexibility index (Phi) is 13.1. The number of rotatable bonds is 17. The molecule has 2 unspecified atom stereocenters. The molecule has 0 aliphatic rings. The molecule has 2 atom stereocenters. The van der Waals surface area contributed by atoms with Crippen LogP contribution < -0.4 is 15.8 Å². The molecule has 37 heavy (non-hydrogen) atoms. The van der Waals surface area contributed by atoms with Crippen molar-refractivity contribution in [3.8, 4) is 5.75 Å². The number of carbonyl (C=O) groups is 1. The number of ether oxygens (including phenoxy) is 2. The molecule has 0 radical (unpaired) electrons. The summed E-state index contributed by atoms with van der Waals surface area (Å²) in [5, 5.41) is 3.32. The van der Waals surface area contributed by atoms with E-state index < -0.39 is 28.1 Å². The number of nitrogens with zero attached hydrogens (tertiary/aromatic N) is 1. The SMILES string of the molecule is CCCN(CCC)S(=O)(=O)CCC(=O)OC(CNCc1cccc(OC)c1)C(N)Cc1cccc(C)c1. The molecule has 3 N–H and O–H groups in total. The van der Waals surface area contributed by atoms with E-state index in [-0.39, 0.29) is 12.2 Å². The molecule has 9 heteroatoms. The van der Waals surface area contributed by atoms with Crippen LogP contribution in [0.3, 0.4) is 0 Å². The van der Waals surface area contributed by atoms with Crippen LogP contribution in [-0.4, -0.2) is 63.3 Å². The monoisotopic (exact) mass is 533 g/mol. The van der Waals surface area contributed by atoms with Crippen molar-refractivity contribution in [2.45, 2.75) is 65.1 Å². The fourth-order valence-electron chi connectivity index (χ4n) is 4.12. The van der Waals surface area contributed by atoms with Crippen molar-refractivity contribution in [3.63, 3.8) is 0 Å². The summed E-state index contributed by atoms with van der Waals surface area (Å²) < 4.78 is 38.0. The van der Waals surface area contributed by atoms with Gasteiger partial charge in [-0.05, 0) is 49.4 Å². The lowest BCUT2D eigenvalue weighted by Crippen LogP contribution is -2.46. The highest BCUT2D eigenvalue weighted by Gasteiger charge is 2.26. The zero-order valence-corrected chi connectivity index (χ0v) is 23.4. The molecular formula is C28H43N3O5S. The Morgan fingerprint density at radius 2 is 1.73 bits per heavy atom. The highest BCUT2D eigenvalue weighted by atomic mass is 32.2. The summed E-state index contributed by atoms with van der Waals surface area (Å²) >= 11 is 0. The van der Waals surface area contributed by atoms with Gasteiger partial charge in [-0.3, -0.25) is 4.79 Å². The molecule has 0 bridgehead atoms. The number of carbonyl (C=O) groups excluding carboxylic acids is 1. The zero-order chi connectivity index (χ0) is 27.3. The second-order valence-electron chi connectivity index (χ2n) is 9.33. The van der Waals surface area contributed by atoms with E-state index >= 15 is 0 Å². The number of hydrogen-bond donors (Lipinski definition) is 2. The van der Waals surface area contributed by atoms with Gasteiger partial charge in [0.05, 0.1) is 19.3 Å². The van der Waals surface area contributed by atoms with Gasteiger partial charge in [-0.1, -0.05) is 55.8 Å². The number of hydrogen-bond acceptors (Lipinski definition) is 7. The summed E-state index contributed by atoms with van der Waals surface area (Å²) in [7, 11) is -1.92. The van der Waals surface area contributed by atoms with Gasteiger partial charge in [-0.25, -0.2) is 12.7 Å². The number of benzene rings is 2. The van der Waals surface area contributed by atoms with Crippen LogP contribution in [0.1, 0.15) is 49.8 Å². The molecule has 0 spiro atoms. The van der Waals surface area contributed by atoms with Crippen LogP contribution in [0.5, 0.6) is 5.75 Å². The van der Waals surface area contributed by atoms with Crippen molar-refractivity contribution in [1.29, 1.82) is 0 Å². The molecule has 2 aromatic rings. The number of aryl methyl sites for hydroxylation is 1. The number of nitrogens with one attached hydrogen (secondary N) is 1. The highest BCUT2D eigenvalue weighted by Crippen LogP contribution is 2.14. The molecule has 8 nitrogen and oxygen atoms in total. The average molecular weight is 534 g/mol. The van der Waals surface area contributed by atoms with Crippen molar-refractivity contribution in [2.75, 3.05) is 32.5 Å². The number of sulfonamides is 1. The van der Waals surface area contributed by atoms with Crippen LogP contribution in [-0.2, 0) is 32.5 Å². The third kappa shape index (κ3) is 10.8. The molecule has 0 saturated carbocycles. The summed E-state index contributed by atoms with van der Waals surface area (Å²) in [5.74, 6) is -0.0765. The second-order valence-corrected chi connectivity index (χ2v) is 11.4. The molecule has 0 aliphatic heterocycles. The molecule has 0 aromatic heterocycles. The van der Waals surface area contributed by atoms with E-state index in [1.165, 1.54) is 4.31 Å². The maximum absolute atomic E-state index is 12.8. The molecule has 0 amide bonds. The Morgan fingerprint density at radius 3 is 2.38 bits per heavy atom. The van der Waals surface area contributed by atoms with Gasteiger partial charge in [-0.2, -0.15) is 0 Å². The molecule has 0 heterocycles. The highest BCUT2D eigenvalue weighted by molar-refractivity contribution is 7.89. The first-order chi connectivity index (χ1) is 17.7. The predicted octanol–water partition coefficient (Wildman–Crippen LogP) is 3.42. The Hall–Kier alpha value is -2.46. The Morgan fingerprint density at radius 1 is 1.05 bits per heavy atom. The Bertz CT molecular complexity index is 1070. The van der Waals surface area contributed by atoms with Gasteiger partial charge in [0.15, 0.2) is 0 Å². The first kappa shape index (κ1) is 30.8. The van der Waals surface area contributed by atoms with Gasteiger partial charge >= 0.3 is 5.97 Å². The van der Waals surface area contributed by atoms with Gasteiger partial charge in [0.2, 0.25) is 10.0 Å². The first-order valence-corrected chi connectivity index (χ1v) is 14.6. The zero-order valence-electron chi connectivity index (χ0n) is 22.6. The fraction of sp³-hybridized carbons (Fsp3) is 0.536. The van der Waals surface area contributed by atoms with Crippen molar-refractivity contribution >= 4 is 16.0 Å². The number of methoxy groups -OCH3 is 1. The van der Waals surface area contributed by atoms with Crippen LogP contribution in [0.15, 0.2) is 48.5 Å². The summed E-state index contributed by atoms with van der Waals surface area (Å²) in [6, 6.07) is 15.3. The predicted molar refractivity (Wildman–Crippen MR) is 148 cm³/mol. The third-order valence-electron chi connectivity index (χ3n) is 6.03. The van der Waals surface area contributed by atoms with Crippen LogP contribution in [0.2, 0.25) is 0 Å². The maximum Gasteiger partial charge on any atom is 0.307 e. The summed E-state index contributed by atoms with van der Waals surface area (Å²) in [4.78, 5) is 12.8. The van der Waals surface area contributed by atoms with Gasteiger partial charge in [0.1, 0.15) is 11.9 Å².